The Balaban J connectivity index is 2.30. The van der Waals surface area contributed by atoms with Crippen molar-refractivity contribution < 1.29 is 22.1 Å². The second kappa shape index (κ2) is 9.17. The highest BCUT2D eigenvalue weighted by Gasteiger charge is 2.44. The van der Waals surface area contributed by atoms with Crippen LogP contribution in [0.4, 0.5) is 17.6 Å². The van der Waals surface area contributed by atoms with E-state index in [4.69, 9.17) is 0 Å². The van der Waals surface area contributed by atoms with Crippen LogP contribution >= 0.6 is 0 Å². The molecule has 4 nitrogen and oxygen atoms in total. The zero-order chi connectivity index (χ0) is 22.6. The van der Waals surface area contributed by atoms with Crippen molar-refractivity contribution in [2.75, 3.05) is 0 Å². The highest BCUT2D eigenvalue weighted by Crippen LogP contribution is 2.37. The molecule has 0 saturated carbocycles. The van der Waals surface area contributed by atoms with Gasteiger partial charge in [-0.3, -0.25) is 0 Å². The van der Waals surface area contributed by atoms with Gasteiger partial charge in [0.1, 0.15) is 10.7 Å². The minimum Gasteiger partial charge on any atom is -0.593 e. The molecule has 0 radical (unpaired) electrons. The molecular weight excluding hydrogens is 430 g/mol. The van der Waals surface area contributed by atoms with Crippen LogP contribution in [-0.4, -0.2) is 14.5 Å². The van der Waals surface area contributed by atoms with Crippen molar-refractivity contribution in [1.29, 1.82) is 0 Å². The van der Waals surface area contributed by atoms with Crippen molar-refractivity contribution in [3.05, 3.63) is 107 Å². The molecule has 2 atom stereocenters. The summed E-state index contributed by atoms with van der Waals surface area (Å²) >= 11 is -1.88. The Morgan fingerprint density at radius 1 is 1.03 bits per heavy atom. The van der Waals surface area contributed by atoms with Crippen molar-refractivity contribution in [1.82, 2.24) is 14.7 Å². The lowest BCUT2D eigenvalue weighted by atomic mass is 9.83. The normalized spacial score (nSPS) is 14.6. The summed E-state index contributed by atoms with van der Waals surface area (Å²) in [5.41, 5.74) is -2.21. The predicted molar refractivity (Wildman–Crippen MR) is 110 cm³/mol. The summed E-state index contributed by atoms with van der Waals surface area (Å²) in [7, 11) is 0. The van der Waals surface area contributed by atoms with Gasteiger partial charge in [-0.2, -0.15) is 13.2 Å². The Labute approximate surface area is 180 Å². The second-order valence-electron chi connectivity index (χ2n) is 6.94. The molecule has 0 bridgehead atoms. The van der Waals surface area contributed by atoms with E-state index in [0.717, 1.165) is 12.1 Å². The van der Waals surface area contributed by atoms with Crippen LogP contribution in [0, 0.1) is 5.82 Å². The molecule has 3 rings (SSSR count). The summed E-state index contributed by atoms with van der Waals surface area (Å²) in [6.45, 7) is 5.16. The molecule has 0 saturated heterocycles. The van der Waals surface area contributed by atoms with Crippen LogP contribution in [-0.2, 0) is 29.5 Å². The van der Waals surface area contributed by atoms with Gasteiger partial charge in [-0.1, -0.05) is 30.3 Å². The summed E-state index contributed by atoms with van der Waals surface area (Å²) in [5, 5.41) is 0. The van der Waals surface area contributed by atoms with Crippen molar-refractivity contribution in [2.24, 2.45) is 0 Å². The first kappa shape index (κ1) is 22.9. The van der Waals surface area contributed by atoms with E-state index >= 15 is 0 Å². The van der Waals surface area contributed by atoms with Crippen LogP contribution in [0.25, 0.3) is 0 Å². The van der Waals surface area contributed by atoms with Crippen molar-refractivity contribution in [2.45, 2.75) is 25.1 Å². The van der Waals surface area contributed by atoms with Crippen molar-refractivity contribution in [3.8, 4) is 0 Å². The summed E-state index contributed by atoms with van der Waals surface area (Å²) in [6.07, 6.45) is -1.94. The van der Waals surface area contributed by atoms with Crippen molar-refractivity contribution in [3.63, 3.8) is 0 Å². The predicted octanol–water partition coefficient (Wildman–Crippen LogP) is 4.91. The summed E-state index contributed by atoms with van der Waals surface area (Å²) < 4.78 is 70.4. The maximum atomic E-state index is 14.4. The Bertz CT molecular complexity index is 1050. The first-order chi connectivity index (χ1) is 14.6. The average Bonchev–Trinajstić information content (AvgIpc) is 2.73. The second-order valence-corrected chi connectivity index (χ2v) is 8.38. The van der Waals surface area contributed by atoms with E-state index in [2.05, 4.69) is 21.3 Å². The Morgan fingerprint density at radius 3 is 2.23 bits per heavy atom. The third kappa shape index (κ3) is 5.30. The lowest BCUT2D eigenvalue weighted by Crippen LogP contribution is -2.49. The molecule has 3 aromatic rings. The topological polar surface area (TPSA) is 60.9 Å². The number of rotatable bonds is 7. The van der Waals surface area contributed by atoms with Crippen molar-refractivity contribution >= 4 is 11.4 Å². The molecule has 0 aliphatic rings. The van der Waals surface area contributed by atoms with Gasteiger partial charge >= 0.3 is 6.18 Å². The fourth-order valence-corrected chi connectivity index (χ4v) is 3.89. The molecule has 1 N–H and O–H groups in total. The number of alkyl halides is 3. The molecule has 31 heavy (non-hydrogen) atoms. The maximum Gasteiger partial charge on any atom is 0.416 e. The first-order valence-corrected chi connectivity index (χ1v) is 10.3. The molecule has 0 spiro atoms. The van der Waals surface area contributed by atoms with E-state index in [9.17, 15) is 22.1 Å². The van der Waals surface area contributed by atoms with E-state index < -0.39 is 34.5 Å². The molecule has 1 heterocycles. The number of aromatic nitrogens is 2. The minimum atomic E-state index is -4.78. The van der Waals surface area contributed by atoms with E-state index in [1.165, 1.54) is 19.3 Å². The summed E-state index contributed by atoms with van der Waals surface area (Å²) in [6, 6.07) is 12.6. The standard InChI is InChI=1S/C22H19F4N3OS/c1-15(2)31(30)29-21(20-27-9-6-10-28-20,14-16-7-4-3-5-8-16)17-11-18(22(24,25)26)13-19(23)12-17/h3-13,29H,1,14H2,2H3/t21-,31?/m0/s1. The minimum absolute atomic E-state index is 0.0115. The van der Waals surface area contributed by atoms with Gasteiger partial charge in [0.15, 0.2) is 11.4 Å². The molecular formula is C22H19F4N3OS. The number of allylic oxidation sites excluding steroid dienone is 1. The van der Waals surface area contributed by atoms with Crippen LogP contribution in [0.1, 0.15) is 29.4 Å². The first-order valence-electron chi connectivity index (χ1n) is 9.16. The lowest BCUT2D eigenvalue weighted by molar-refractivity contribution is -0.137. The van der Waals surface area contributed by atoms with Gasteiger partial charge in [-0.25, -0.2) is 14.4 Å². The van der Waals surface area contributed by atoms with E-state index in [1.807, 2.05) is 0 Å². The van der Waals surface area contributed by atoms with Crippen LogP contribution in [0.2, 0.25) is 0 Å². The van der Waals surface area contributed by atoms with Gasteiger partial charge in [0.25, 0.3) is 0 Å². The van der Waals surface area contributed by atoms with Gasteiger partial charge in [-0.05, 0) is 42.0 Å². The van der Waals surface area contributed by atoms with E-state index in [0.29, 0.717) is 11.6 Å². The Kier molecular flexibility index (Phi) is 6.78. The summed E-state index contributed by atoms with van der Waals surface area (Å²) in [5.74, 6) is -1.03. The number of hydrogen-bond acceptors (Lipinski definition) is 4. The third-order valence-corrected chi connectivity index (χ3v) is 5.73. The largest absolute Gasteiger partial charge is 0.593 e. The average molecular weight is 449 g/mol. The number of benzene rings is 2. The molecule has 0 aliphatic carbocycles. The molecule has 1 unspecified atom stereocenters. The summed E-state index contributed by atoms with van der Waals surface area (Å²) in [4.78, 5) is 8.67. The molecule has 0 aliphatic heterocycles. The van der Waals surface area contributed by atoms with Gasteiger partial charge in [0.05, 0.1) is 16.9 Å². The molecule has 1 aromatic heterocycles. The molecule has 2 aromatic carbocycles. The molecule has 9 heteroatoms. The Morgan fingerprint density at radius 2 is 1.65 bits per heavy atom. The molecule has 162 valence electrons. The highest BCUT2D eigenvalue weighted by molar-refractivity contribution is 7.93. The fraction of sp³-hybridized carbons (Fsp3) is 0.182. The fourth-order valence-electron chi connectivity index (χ4n) is 3.12. The van der Waals surface area contributed by atoms with E-state index in [-0.39, 0.29) is 22.7 Å². The zero-order valence-corrected chi connectivity index (χ0v) is 17.3. The smallest absolute Gasteiger partial charge is 0.416 e. The van der Waals surface area contributed by atoms with Gasteiger partial charge < -0.3 is 4.55 Å². The van der Waals surface area contributed by atoms with Crippen LogP contribution in [0.15, 0.2) is 78.5 Å². The van der Waals surface area contributed by atoms with Gasteiger partial charge in [0, 0.05) is 25.7 Å². The lowest BCUT2D eigenvalue weighted by Gasteiger charge is -2.34. The number of nitrogens with zero attached hydrogens (tertiary/aromatic N) is 2. The number of hydrogen-bond donors (Lipinski definition) is 1. The number of halogens is 4. The SMILES string of the molecule is C=C(C)[S+]([O-])N[C@@](Cc1ccccc1)(c1cc(F)cc(C(F)(F)F)c1)c1ncccn1. The van der Waals surface area contributed by atoms with Crippen LogP contribution < -0.4 is 4.72 Å². The molecule has 0 amide bonds. The maximum absolute atomic E-state index is 14.4. The van der Waals surface area contributed by atoms with Crippen LogP contribution in [0.3, 0.4) is 0 Å². The van der Waals surface area contributed by atoms with Gasteiger partial charge in [-0.15, -0.1) is 4.72 Å². The quantitative estimate of drug-likeness (QED) is 0.411. The third-order valence-electron chi connectivity index (χ3n) is 4.56. The van der Waals surface area contributed by atoms with Gasteiger partial charge in [0.2, 0.25) is 0 Å². The van der Waals surface area contributed by atoms with Crippen LogP contribution in [0.5, 0.6) is 0 Å². The molecule has 0 fully saturated rings. The zero-order valence-electron chi connectivity index (χ0n) is 16.5. The van der Waals surface area contributed by atoms with E-state index in [1.54, 1.807) is 36.4 Å². The monoisotopic (exact) mass is 449 g/mol. The highest BCUT2D eigenvalue weighted by atomic mass is 32.2. The number of nitrogens with one attached hydrogen (secondary N) is 1. The Hall–Kier alpha value is -2.75.